The highest BCUT2D eigenvalue weighted by molar-refractivity contribution is 9.39. The molecule has 0 aliphatic heterocycles. The number of nitro groups is 1. The van der Waals surface area contributed by atoms with Gasteiger partial charge in [0.25, 0.3) is 0 Å². The summed E-state index contributed by atoms with van der Waals surface area (Å²) < 4.78 is 4.57. The molecule has 2 aromatic heterocycles. The number of fused-ring (bicyclic) bond motifs is 1. The Morgan fingerprint density at radius 3 is 2.57 bits per heavy atom. The molecule has 1 unspecified atom stereocenters. The summed E-state index contributed by atoms with van der Waals surface area (Å²) in [6, 6.07) is 12.8. The minimum Gasteiger partial charge on any atom is -0.461 e. The highest BCUT2D eigenvalue weighted by Crippen LogP contribution is 2.51. The second kappa shape index (κ2) is 6.33. The highest BCUT2D eigenvalue weighted by atomic mass is 80.0. The van der Waals surface area contributed by atoms with Crippen molar-refractivity contribution < 1.29 is 9.34 Å². The quantitative estimate of drug-likeness (QED) is 0.260. The maximum Gasteiger partial charge on any atom is 0.311 e. The fourth-order valence-corrected chi connectivity index (χ4v) is 3.70. The van der Waals surface area contributed by atoms with Crippen molar-refractivity contribution in [1.82, 2.24) is 4.98 Å². The average molecular weight is 505 g/mol. The molecule has 3 aromatic rings. The van der Waals surface area contributed by atoms with Gasteiger partial charge in [-0.05, 0) is 12.1 Å². The molecule has 0 amide bonds. The molecule has 1 atom stereocenters. The number of alkyl halides is 3. The fraction of sp³-hybridized carbons (Fsp3) is 0.133. The second-order valence-corrected chi connectivity index (χ2v) is 11.8. The Morgan fingerprint density at radius 1 is 1.13 bits per heavy atom. The zero-order chi connectivity index (χ0) is 16.6. The van der Waals surface area contributed by atoms with Crippen LogP contribution in [0.3, 0.4) is 0 Å². The predicted molar refractivity (Wildman–Crippen MR) is 98.5 cm³/mol. The molecule has 0 fully saturated rings. The van der Waals surface area contributed by atoms with Crippen molar-refractivity contribution in [3.8, 4) is 0 Å². The summed E-state index contributed by atoms with van der Waals surface area (Å²) in [5.41, 5.74) is 1.35. The van der Waals surface area contributed by atoms with E-state index in [1.807, 2.05) is 36.4 Å². The summed E-state index contributed by atoms with van der Waals surface area (Å²) in [6.45, 7) is 0. The second-order valence-electron chi connectivity index (χ2n) is 4.83. The average Bonchev–Trinajstić information content (AvgIpc) is 2.95. The first-order valence-corrected chi connectivity index (χ1v) is 8.90. The largest absolute Gasteiger partial charge is 0.461 e. The molecule has 0 N–H and O–H groups in total. The lowest BCUT2D eigenvalue weighted by Crippen LogP contribution is -2.18. The third-order valence-electron chi connectivity index (χ3n) is 3.38. The molecule has 118 valence electrons. The van der Waals surface area contributed by atoms with Gasteiger partial charge in [0.2, 0.25) is 0 Å². The third kappa shape index (κ3) is 3.34. The van der Waals surface area contributed by atoms with Gasteiger partial charge in [-0.25, -0.2) is 0 Å². The van der Waals surface area contributed by atoms with Crippen molar-refractivity contribution >= 4 is 64.4 Å². The maximum absolute atomic E-state index is 11.2. The highest BCUT2D eigenvalue weighted by Gasteiger charge is 2.41. The number of para-hydroxylation sites is 1. The molecular formula is C15H9Br3N2O3. The van der Waals surface area contributed by atoms with Crippen LogP contribution in [-0.2, 0) is 0 Å². The SMILES string of the molecule is O=[N+]([O-])c1ccoc1C(c1ccc2ccccc2n1)C(Br)(Br)Br. The van der Waals surface area contributed by atoms with E-state index in [1.54, 1.807) is 0 Å². The van der Waals surface area contributed by atoms with Gasteiger partial charge in [-0.1, -0.05) is 72.1 Å². The maximum atomic E-state index is 11.2. The number of pyridine rings is 1. The summed E-state index contributed by atoms with van der Waals surface area (Å²) >= 11 is 10.4. The minimum atomic E-state index is -0.842. The Kier molecular flexibility index (Phi) is 4.57. The van der Waals surface area contributed by atoms with Crippen molar-refractivity contribution in [3.05, 3.63) is 70.3 Å². The van der Waals surface area contributed by atoms with Crippen molar-refractivity contribution in [2.24, 2.45) is 0 Å². The Morgan fingerprint density at radius 2 is 1.87 bits per heavy atom. The van der Waals surface area contributed by atoms with Gasteiger partial charge in [-0.3, -0.25) is 15.1 Å². The topological polar surface area (TPSA) is 69.2 Å². The van der Waals surface area contributed by atoms with Crippen LogP contribution in [0.1, 0.15) is 17.4 Å². The summed E-state index contributed by atoms with van der Waals surface area (Å²) in [7, 11) is 0. The molecule has 0 saturated carbocycles. The van der Waals surface area contributed by atoms with Gasteiger partial charge in [0.15, 0.2) is 7.90 Å². The number of aromatic nitrogens is 1. The van der Waals surface area contributed by atoms with E-state index in [-0.39, 0.29) is 11.4 Å². The summed E-state index contributed by atoms with van der Waals surface area (Å²) in [4.78, 5) is 15.4. The molecule has 23 heavy (non-hydrogen) atoms. The van der Waals surface area contributed by atoms with Gasteiger partial charge in [0, 0.05) is 5.39 Å². The lowest BCUT2D eigenvalue weighted by molar-refractivity contribution is -0.386. The molecule has 0 radical (unpaired) electrons. The normalized spacial score (nSPS) is 13.2. The van der Waals surface area contributed by atoms with Crippen molar-refractivity contribution in [2.45, 2.75) is 8.06 Å². The zero-order valence-corrected chi connectivity index (χ0v) is 16.2. The predicted octanol–water partition coefficient (Wildman–Crippen LogP) is 5.71. The number of furan rings is 1. The van der Waals surface area contributed by atoms with Gasteiger partial charge in [-0.15, -0.1) is 0 Å². The van der Waals surface area contributed by atoms with Crippen LogP contribution in [0.15, 0.2) is 53.1 Å². The molecule has 0 saturated heterocycles. The Balaban J connectivity index is 2.19. The zero-order valence-electron chi connectivity index (χ0n) is 11.4. The van der Waals surface area contributed by atoms with Gasteiger partial charge in [0.05, 0.1) is 28.5 Å². The third-order valence-corrected chi connectivity index (χ3v) is 4.75. The lowest BCUT2D eigenvalue weighted by Gasteiger charge is -2.23. The van der Waals surface area contributed by atoms with E-state index in [0.717, 1.165) is 10.9 Å². The monoisotopic (exact) mass is 502 g/mol. The van der Waals surface area contributed by atoms with Crippen molar-refractivity contribution in [1.29, 1.82) is 0 Å². The van der Waals surface area contributed by atoms with Crippen LogP contribution in [0.2, 0.25) is 0 Å². The molecule has 0 aliphatic carbocycles. The number of hydrogen-bond acceptors (Lipinski definition) is 4. The molecule has 0 spiro atoms. The molecule has 0 bridgehead atoms. The van der Waals surface area contributed by atoms with Crippen LogP contribution in [-0.4, -0.2) is 12.1 Å². The van der Waals surface area contributed by atoms with Crippen LogP contribution in [0.4, 0.5) is 5.69 Å². The molecular weight excluding hydrogens is 496 g/mol. The van der Waals surface area contributed by atoms with E-state index in [0.29, 0.717) is 5.69 Å². The number of nitrogens with zero attached hydrogens (tertiary/aromatic N) is 2. The van der Waals surface area contributed by atoms with Gasteiger partial charge in [0.1, 0.15) is 5.92 Å². The lowest BCUT2D eigenvalue weighted by atomic mass is 10.0. The molecule has 5 nitrogen and oxygen atoms in total. The van der Waals surface area contributed by atoms with Crippen LogP contribution in [0.25, 0.3) is 10.9 Å². The first-order valence-electron chi connectivity index (χ1n) is 6.52. The Hall–Kier alpha value is -1.25. The van der Waals surface area contributed by atoms with E-state index in [1.165, 1.54) is 12.3 Å². The van der Waals surface area contributed by atoms with E-state index < -0.39 is 13.0 Å². The molecule has 0 aliphatic rings. The first kappa shape index (κ1) is 16.6. The van der Waals surface area contributed by atoms with Crippen LogP contribution in [0, 0.1) is 10.1 Å². The Labute approximate surface area is 156 Å². The smallest absolute Gasteiger partial charge is 0.311 e. The van der Waals surface area contributed by atoms with Crippen molar-refractivity contribution in [2.75, 3.05) is 0 Å². The van der Waals surface area contributed by atoms with Crippen LogP contribution < -0.4 is 0 Å². The Bertz CT molecular complexity index is 874. The van der Waals surface area contributed by atoms with E-state index in [4.69, 9.17) is 4.42 Å². The van der Waals surface area contributed by atoms with Gasteiger partial charge in [-0.2, -0.15) is 0 Å². The van der Waals surface area contributed by atoms with Crippen LogP contribution >= 0.6 is 47.8 Å². The van der Waals surface area contributed by atoms with Gasteiger partial charge < -0.3 is 4.42 Å². The number of benzene rings is 1. The van der Waals surface area contributed by atoms with Crippen LogP contribution in [0.5, 0.6) is 0 Å². The molecule has 8 heteroatoms. The number of halogens is 3. The summed E-state index contributed by atoms with van der Waals surface area (Å²) in [5.74, 6) is -0.342. The number of rotatable bonds is 3. The fourth-order valence-electron chi connectivity index (χ4n) is 2.37. The molecule has 3 rings (SSSR count). The summed E-state index contributed by atoms with van der Waals surface area (Å²) in [6.07, 6.45) is 1.31. The standard InChI is InChI=1S/C15H9Br3N2O3/c16-15(17,18)13(14-12(20(21)22)7-8-23-14)11-6-5-9-3-1-2-4-10(9)19-11/h1-8,13H. The molecule has 1 aromatic carbocycles. The molecule has 2 heterocycles. The van der Waals surface area contributed by atoms with E-state index in [2.05, 4.69) is 52.8 Å². The van der Waals surface area contributed by atoms with E-state index >= 15 is 0 Å². The minimum absolute atomic E-state index is 0.0901. The summed E-state index contributed by atoms with van der Waals surface area (Å²) in [5, 5.41) is 12.2. The first-order chi connectivity index (χ1) is 10.9. The van der Waals surface area contributed by atoms with E-state index in [9.17, 15) is 10.1 Å². The van der Waals surface area contributed by atoms with Crippen molar-refractivity contribution in [3.63, 3.8) is 0 Å². The number of hydrogen-bond donors (Lipinski definition) is 0. The van der Waals surface area contributed by atoms with Gasteiger partial charge >= 0.3 is 5.69 Å².